The first-order valence-electron chi connectivity index (χ1n) is 10.6. The van der Waals surface area contributed by atoms with E-state index in [2.05, 4.69) is 34.7 Å². The highest BCUT2D eigenvalue weighted by Crippen LogP contribution is 2.40. The lowest BCUT2D eigenvalue weighted by molar-refractivity contribution is -0.140. The summed E-state index contributed by atoms with van der Waals surface area (Å²) in [6.45, 7) is 10.8. The number of rotatable bonds is 7. The Morgan fingerprint density at radius 3 is 2.45 bits per heavy atom. The Labute approximate surface area is 192 Å². The minimum absolute atomic E-state index is 0.116. The molecule has 0 aromatic heterocycles. The number of halogens is 1. The highest BCUT2D eigenvalue weighted by molar-refractivity contribution is 9.10. The number of aliphatic hydroxyl groups excluding tert-OH is 1. The van der Waals surface area contributed by atoms with Crippen molar-refractivity contribution in [2.24, 2.45) is 0 Å². The Morgan fingerprint density at radius 1 is 1.10 bits per heavy atom. The fraction of sp³-hybridized carbons (Fsp3) is 0.360. The van der Waals surface area contributed by atoms with Gasteiger partial charge in [0, 0.05) is 23.1 Å². The van der Waals surface area contributed by atoms with Gasteiger partial charge < -0.3 is 14.9 Å². The molecule has 164 valence electrons. The van der Waals surface area contributed by atoms with E-state index < -0.39 is 17.7 Å². The highest BCUT2D eigenvalue weighted by atomic mass is 79.9. The maximum Gasteiger partial charge on any atom is 0.295 e. The summed E-state index contributed by atoms with van der Waals surface area (Å²) in [5, 5.41) is 11.3. The topological polar surface area (TPSA) is 60.9 Å². The largest absolute Gasteiger partial charge is 0.507 e. The zero-order chi connectivity index (χ0) is 22.7. The van der Waals surface area contributed by atoms with Gasteiger partial charge in [-0.15, -0.1) is 0 Å². The van der Waals surface area contributed by atoms with E-state index in [1.54, 1.807) is 4.90 Å². The molecule has 1 saturated heterocycles. The predicted octanol–water partition coefficient (Wildman–Crippen LogP) is 4.83. The number of aliphatic hydroxyl groups is 1. The number of Topliss-reactive ketones (excluding diaryl/α,β-unsaturated/α-hetero) is 1. The van der Waals surface area contributed by atoms with Crippen LogP contribution >= 0.6 is 15.9 Å². The Hall–Kier alpha value is -2.44. The van der Waals surface area contributed by atoms with Crippen LogP contribution in [0.1, 0.15) is 42.1 Å². The van der Waals surface area contributed by atoms with Crippen molar-refractivity contribution in [3.05, 3.63) is 74.8 Å². The molecule has 1 amide bonds. The quantitative estimate of drug-likeness (QED) is 0.347. The monoisotopic (exact) mass is 484 g/mol. The zero-order valence-corrected chi connectivity index (χ0v) is 20.1. The van der Waals surface area contributed by atoms with Crippen molar-refractivity contribution in [1.29, 1.82) is 0 Å². The van der Waals surface area contributed by atoms with Crippen LogP contribution in [0.3, 0.4) is 0 Å². The third kappa shape index (κ3) is 4.75. The summed E-state index contributed by atoms with van der Waals surface area (Å²) in [6, 6.07) is 12.7. The maximum atomic E-state index is 13.1. The first-order valence-corrected chi connectivity index (χ1v) is 11.4. The van der Waals surface area contributed by atoms with E-state index in [-0.39, 0.29) is 11.3 Å². The van der Waals surface area contributed by atoms with Crippen molar-refractivity contribution in [2.45, 2.75) is 33.7 Å². The molecule has 0 radical (unpaired) electrons. The molecule has 1 heterocycles. The van der Waals surface area contributed by atoms with Gasteiger partial charge in [0.1, 0.15) is 5.76 Å². The average molecular weight is 485 g/mol. The molecule has 1 N–H and O–H groups in total. The fourth-order valence-electron chi connectivity index (χ4n) is 4.06. The van der Waals surface area contributed by atoms with Crippen LogP contribution in [0.15, 0.2) is 52.5 Å². The Bertz CT molecular complexity index is 1030. The number of ketones is 1. The number of hydrogen-bond donors (Lipinski definition) is 1. The SMILES string of the molecule is CCN(CC)CCN1C(=O)C(=O)/C(=C(/O)c2cc(C)ccc2C)C1c1cccc(Br)c1. The smallest absolute Gasteiger partial charge is 0.295 e. The first kappa shape index (κ1) is 23.2. The van der Waals surface area contributed by atoms with Crippen molar-refractivity contribution in [3.63, 3.8) is 0 Å². The number of aryl methyl sites for hydroxylation is 2. The summed E-state index contributed by atoms with van der Waals surface area (Å²) in [4.78, 5) is 30.0. The van der Waals surface area contributed by atoms with Gasteiger partial charge in [-0.3, -0.25) is 9.59 Å². The predicted molar refractivity (Wildman–Crippen MR) is 127 cm³/mol. The molecule has 0 spiro atoms. The average Bonchev–Trinajstić information content (AvgIpc) is 3.00. The molecule has 2 aromatic rings. The lowest BCUT2D eigenvalue weighted by Gasteiger charge is -2.28. The Morgan fingerprint density at radius 2 is 1.81 bits per heavy atom. The van der Waals surface area contributed by atoms with E-state index in [9.17, 15) is 14.7 Å². The van der Waals surface area contributed by atoms with Crippen molar-refractivity contribution in [2.75, 3.05) is 26.2 Å². The van der Waals surface area contributed by atoms with E-state index in [0.29, 0.717) is 18.7 Å². The van der Waals surface area contributed by atoms with Crippen LogP contribution < -0.4 is 0 Å². The van der Waals surface area contributed by atoms with Gasteiger partial charge >= 0.3 is 0 Å². The molecule has 1 fully saturated rings. The minimum Gasteiger partial charge on any atom is -0.507 e. The summed E-state index contributed by atoms with van der Waals surface area (Å²) in [6.07, 6.45) is 0. The molecule has 0 aliphatic carbocycles. The summed E-state index contributed by atoms with van der Waals surface area (Å²) in [5.41, 5.74) is 3.35. The molecule has 0 bridgehead atoms. The molecule has 1 aliphatic rings. The number of carbonyl (C=O) groups excluding carboxylic acids is 2. The van der Waals surface area contributed by atoms with Gasteiger partial charge in [0.2, 0.25) is 0 Å². The molecule has 2 aromatic carbocycles. The normalized spacial score (nSPS) is 18.3. The van der Waals surface area contributed by atoms with Gasteiger partial charge in [-0.25, -0.2) is 0 Å². The first-order chi connectivity index (χ1) is 14.8. The number of benzene rings is 2. The van der Waals surface area contributed by atoms with Gasteiger partial charge in [-0.05, 0) is 56.3 Å². The number of nitrogens with zero attached hydrogens (tertiary/aromatic N) is 2. The number of hydrogen-bond acceptors (Lipinski definition) is 4. The van der Waals surface area contributed by atoms with E-state index in [1.165, 1.54) is 0 Å². The molecule has 3 rings (SSSR count). The molecule has 31 heavy (non-hydrogen) atoms. The molecule has 1 aliphatic heterocycles. The second-order valence-electron chi connectivity index (χ2n) is 7.89. The maximum absolute atomic E-state index is 13.1. The van der Waals surface area contributed by atoms with Gasteiger partial charge in [-0.1, -0.05) is 59.6 Å². The molecule has 0 saturated carbocycles. The molecule has 1 atom stereocenters. The lowest BCUT2D eigenvalue weighted by atomic mass is 9.93. The number of carbonyl (C=O) groups is 2. The van der Waals surface area contributed by atoms with Crippen LogP contribution in [0.4, 0.5) is 0 Å². The third-order valence-corrected chi connectivity index (χ3v) is 6.40. The molecule has 5 nitrogen and oxygen atoms in total. The second kappa shape index (κ2) is 9.79. The number of amides is 1. The second-order valence-corrected chi connectivity index (χ2v) is 8.81. The fourth-order valence-corrected chi connectivity index (χ4v) is 4.48. The van der Waals surface area contributed by atoms with Crippen LogP contribution in [0.2, 0.25) is 0 Å². The van der Waals surface area contributed by atoms with Crippen molar-refractivity contribution < 1.29 is 14.7 Å². The van der Waals surface area contributed by atoms with Gasteiger partial charge in [0.15, 0.2) is 0 Å². The number of likely N-dealkylation sites (tertiary alicyclic amines) is 1. The van der Waals surface area contributed by atoms with Crippen LogP contribution in [0.25, 0.3) is 5.76 Å². The van der Waals surface area contributed by atoms with E-state index in [0.717, 1.165) is 34.3 Å². The summed E-state index contributed by atoms with van der Waals surface area (Å²) in [5.74, 6) is -1.32. The van der Waals surface area contributed by atoms with E-state index >= 15 is 0 Å². The molecular weight excluding hydrogens is 456 g/mol. The van der Waals surface area contributed by atoms with E-state index in [1.807, 2.05) is 56.3 Å². The van der Waals surface area contributed by atoms with Crippen molar-refractivity contribution >= 4 is 33.4 Å². The van der Waals surface area contributed by atoms with Crippen LogP contribution in [-0.4, -0.2) is 52.8 Å². The standard InChI is InChI=1S/C25H29BrN2O3/c1-5-27(6-2)12-13-28-22(18-8-7-9-19(26)15-18)21(24(30)25(28)31)23(29)20-14-16(3)10-11-17(20)4/h7-11,14-15,22,29H,5-6,12-13H2,1-4H3/b23-21+. The summed E-state index contributed by atoms with van der Waals surface area (Å²) in [7, 11) is 0. The molecule has 1 unspecified atom stereocenters. The molecular formula is C25H29BrN2O3. The van der Waals surface area contributed by atoms with Crippen molar-refractivity contribution in [1.82, 2.24) is 9.80 Å². The zero-order valence-electron chi connectivity index (χ0n) is 18.5. The van der Waals surface area contributed by atoms with Gasteiger partial charge in [0.25, 0.3) is 11.7 Å². The minimum atomic E-state index is -0.636. The van der Waals surface area contributed by atoms with E-state index in [4.69, 9.17) is 0 Å². The van der Waals surface area contributed by atoms with Crippen LogP contribution in [0, 0.1) is 13.8 Å². The molecule has 6 heteroatoms. The number of likely N-dealkylation sites (N-methyl/N-ethyl adjacent to an activating group) is 1. The summed E-state index contributed by atoms with van der Waals surface area (Å²) >= 11 is 3.49. The Kier molecular flexibility index (Phi) is 7.34. The lowest BCUT2D eigenvalue weighted by Crippen LogP contribution is -2.38. The third-order valence-electron chi connectivity index (χ3n) is 5.90. The Balaban J connectivity index is 2.15. The van der Waals surface area contributed by atoms with Crippen molar-refractivity contribution in [3.8, 4) is 0 Å². The van der Waals surface area contributed by atoms with Crippen LogP contribution in [-0.2, 0) is 9.59 Å². The van der Waals surface area contributed by atoms with Crippen LogP contribution in [0.5, 0.6) is 0 Å². The van der Waals surface area contributed by atoms with Gasteiger partial charge in [0.05, 0.1) is 11.6 Å². The van der Waals surface area contributed by atoms with Gasteiger partial charge in [-0.2, -0.15) is 0 Å². The summed E-state index contributed by atoms with van der Waals surface area (Å²) < 4.78 is 0.853. The highest BCUT2D eigenvalue weighted by Gasteiger charge is 2.46.